The van der Waals surface area contributed by atoms with Crippen molar-refractivity contribution < 1.29 is 23.6 Å². The standard InChI is InChI=1S/C8H3F2N3O4/c9-7(10)6-4(13(16)17)1-3(2-11)5(12-6)8(14)15/h1,7H,(H,14,15). The largest absolute Gasteiger partial charge is 0.476 e. The maximum absolute atomic E-state index is 12.4. The summed E-state index contributed by atoms with van der Waals surface area (Å²) in [6.45, 7) is 0. The van der Waals surface area contributed by atoms with Crippen molar-refractivity contribution in [1.29, 1.82) is 5.26 Å². The lowest BCUT2D eigenvalue weighted by atomic mass is 10.1. The number of nitriles is 1. The number of hydrogen-bond acceptors (Lipinski definition) is 5. The first kappa shape index (κ1) is 12.4. The molecule has 1 aromatic rings. The summed E-state index contributed by atoms with van der Waals surface area (Å²) in [6, 6.07) is 1.82. The van der Waals surface area contributed by atoms with Gasteiger partial charge in [0.2, 0.25) is 0 Å². The van der Waals surface area contributed by atoms with Gasteiger partial charge in [0.05, 0.1) is 10.5 Å². The second-order valence-electron chi connectivity index (χ2n) is 2.76. The van der Waals surface area contributed by atoms with Crippen LogP contribution in [-0.2, 0) is 0 Å². The zero-order valence-electron chi connectivity index (χ0n) is 7.92. The highest BCUT2D eigenvalue weighted by Crippen LogP contribution is 2.28. The number of carbonyl (C=O) groups is 1. The van der Waals surface area contributed by atoms with Crippen LogP contribution in [0.5, 0.6) is 0 Å². The molecular weight excluding hydrogens is 240 g/mol. The molecule has 7 nitrogen and oxygen atoms in total. The Bertz CT molecular complexity index is 538. The summed E-state index contributed by atoms with van der Waals surface area (Å²) >= 11 is 0. The topological polar surface area (TPSA) is 117 Å². The van der Waals surface area contributed by atoms with E-state index < -0.39 is 40.0 Å². The van der Waals surface area contributed by atoms with Crippen molar-refractivity contribution >= 4 is 11.7 Å². The van der Waals surface area contributed by atoms with Crippen LogP contribution in [0.1, 0.15) is 28.2 Å². The minimum atomic E-state index is -3.30. The van der Waals surface area contributed by atoms with Crippen LogP contribution in [0.4, 0.5) is 14.5 Å². The zero-order valence-corrected chi connectivity index (χ0v) is 7.92. The van der Waals surface area contributed by atoms with Crippen LogP contribution >= 0.6 is 0 Å². The molecule has 0 aliphatic heterocycles. The van der Waals surface area contributed by atoms with Crippen LogP contribution in [0.15, 0.2) is 6.07 Å². The third kappa shape index (κ3) is 2.31. The third-order valence-corrected chi connectivity index (χ3v) is 1.76. The number of hydrogen-bond donors (Lipinski definition) is 1. The van der Waals surface area contributed by atoms with E-state index in [9.17, 15) is 23.7 Å². The molecule has 88 valence electrons. The Morgan fingerprint density at radius 2 is 2.24 bits per heavy atom. The molecule has 0 saturated heterocycles. The second-order valence-corrected chi connectivity index (χ2v) is 2.76. The molecule has 0 atom stereocenters. The summed E-state index contributed by atoms with van der Waals surface area (Å²) in [5.41, 5.74) is -3.94. The number of halogens is 2. The first-order chi connectivity index (χ1) is 7.88. The number of nitrogens with zero attached hydrogens (tertiary/aromatic N) is 3. The van der Waals surface area contributed by atoms with Gasteiger partial charge in [-0.1, -0.05) is 0 Å². The summed E-state index contributed by atoms with van der Waals surface area (Å²) in [6.07, 6.45) is -3.30. The van der Waals surface area contributed by atoms with Gasteiger partial charge in [0.25, 0.3) is 12.1 Å². The first-order valence-electron chi connectivity index (χ1n) is 3.99. The highest BCUT2D eigenvalue weighted by atomic mass is 19.3. The van der Waals surface area contributed by atoms with Crippen molar-refractivity contribution in [1.82, 2.24) is 4.98 Å². The molecule has 0 aromatic carbocycles. The number of carboxylic acid groups (broad SMARTS) is 1. The Kier molecular flexibility index (Phi) is 3.28. The summed E-state index contributed by atoms with van der Waals surface area (Å²) in [5, 5.41) is 27.6. The molecule has 0 amide bonds. The van der Waals surface area contributed by atoms with Crippen LogP contribution < -0.4 is 0 Å². The number of pyridine rings is 1. The average molecular weight is 243 g/mol. The van der Waals surface area contributed by atoms with Gasteiger partial charge < -0.3 is 5.11 Å². The average Bonchev–Trinajstić information content (AvgIpc) is 2.26. The molecule has 0 bridgehead atoms. The predicted molar refractivity (Wildman–Crippen MR) is 47.5 cm³/mol. The van der Waals surface area contributed by atoms with Crippen LogP contribution in [0.3, 0.4) is 0 Å². The van der Waals surface area contributed by atoms with Gasteiger partial charge in [-0.3, -0.25) is 10.1 Å². The Morgan fingerprint density at radius 1 is 1.65 bits per heavy atom. The fourth-order valence-corrected chi connectivity index (χ4v) is 1.07. The highest BCUT2D eigenvalue weighted by molar-refractivity contribution is 5.88. The highest BCUT2D eigenvalue weighted by Gasteiger charge is 2.28. The first-order valence-corrected chi connectivity index (χ1v) is 3.99. The van der Waals surface area contributed by atoms with Crippen molar-refractivity contribution in [3.05, 3.63) is 33.1 Å². The quantitative estimate of drug-likeness (QED) is 0.634. The van der Waals surface area contributed by atoms with Crippen LogP contribution in [0.25, 0.3) is 0 Å². The second kappa shape index (κ2) is 4.48. The third-order valence-electron chi connectivity index (χ3n) is 1.76. The van der Waals surface area contributed by atoms with Gasteiger partial charge in [-0.05, 0) is 0 Å². The van der Waals surface area contributed by atoms with E-state index in [4.69, 9.17) is 10.4 Å². The molecule has 0 radical (unpaired) electrons. The fraction of sp³-hybridized carbons (Fsp3) is 0.125. The van der Waals surface area contributed by atoms with Crippen molar-refractivity contribution in [2.45, 2.75) is 6.43 Å². The van der Waals surface area contributed by atoms with Gasteiger partial charge in [0.1, 0.15) is 6.07 Å². The Balaban J connectivity index is 3.61. The lowest BCUT2D eigenvalue weighted by molar-refractivity contribution is -0.386. The van der Waals surface area contributed by atoms with E-state index in [0.29, 0.717) is 6.07 Å². The normalized spacial score (nSPS) is 10.0. The molecule has 17 heavy (non-hydrogen) atoms. The monoisotopic (exact) mass is 243 g/mol. The van der Waals surface area contributed by atoms with E-state index in [1.165, 1.54) is 6.07 Å². The fourth-order valence-electron chi connectivity index (χ4n) is 1.07. The van der Waals surface area contributed by atoms with Crippen molar-refractivity contribution in [3.8, 4) is 6.07 Å². The van der Waals surface area contributed by atoms with Gasteiger partial charge in [0, 0.05) is 6.07 Å². The van der Waals surface area contributed by atoms with Gasteiger partial charge >= 0.3 is 5.97 Å². The lowest BCUT2D eigenvalue weighted by Crippen LogP contribution is -2.09. The molecule has 0 unspecified atom stereocenters. The molecule has 0 saturated carbocycles. The molecule has 1 rings (SSSR count). The molecule has 0 spiro atoms. The SMILES string of the molecule is N#Cc1cc([N+](=O)[O-])c(C(F)F)nc1C(=O)O. The van der Waals surface area contributed by atoms with E-state index in [1.54, 1.807) is 0 Å². The molecule has 1 heterocycles. The number of rotatable bonds is 3. The van der Waals surface area contributed by atoms with E-state index in [0.717, 1.165) is 0 Å². The van der Waals surface area contributed by atoms with Crippen LogP contribution in [0, 0.1) is 21.4 Å². The van der Waals surface area contributed by atoms with Gasteiger partial charge in [-0.15, -0.1) is 0 Å². The number of nitro groups is 1. The maximum atomic E-state index is 12.4. The Morgan fingerprint density at radius 3 is 2.59 bits per heavy atom. The van der Waals surface area contributed by atoms with Gasteiger partial charge in [0.15, 0.2) is 11.4 Å². The number of aromatic carboxylic acids is 1. The molecule has 9 heteroatoms. The maximum Gasteiger partial charge on any atom is 0.355 e. The van der Waals surface area contributed by atoms with E-state index in [2.05, 4.69) is 4.98 Å². The predicted octanol–water partition coefficient (Wildman–Crippen LogP) is 1.50. The molecule has 0 fully saturated rings. The van der Waals surface area contributed by atoms with Crippen molar-refractivity contribution in [2.24, 2.45) is 0 Å². The minimum absolute atomic E-state index is 0.470. The summed E-state index contributed by atoms with van der Waals surface area (Å²) < 4.78 is 24.8. The molecule has 0 aliphatic carbocycles. The van der Waals surface area contributed by atoms with Crippen molar-refractivity contribution in [3.63, 3.8) is 0 Å². The summed E-state index contributed by atoms with van der Waals surface area (Å²) in [7, 11) is 0. The van der Waals surface area contributed by atoms with E-state index in [1.807, 2.05) is 0 Å². The number of aromatic nitrogens is 1. The zero-order chi connectivity index (χ0) is 13.2. The van der Waals surface area contributed by atoms with Crippen LogP contribution in [-0.4, -0.2) is 21.0 Å². The smallest absolute Gasteiger partial charge is 0.355 e. The van der Waals surface area contributed by atoms with E-state index >= 15 is 0 Å². The van der Waals surface area contributed by atoms with Gasteiger partial charge in [-0.25, -0.2) is 18.6 Å². The molecular formula is C8H3F2N3O4. The summed E-state index contributed by atoms with van der Waals surface area (Å²) in [4.78, 5) is 22.9. The van der Waals surface area contributed by atoms with Gasteiger partial charge in [-0.2, -0.15) is 5.26 Å². The Labute approximate surface area is 92.1 Å². The Hall–Kier alpha value is -2.63. The molecule has 1 aromatic heterocycles. The van der Waals surface area contributed by atoms with E-state index in [-0.39, 0.29) is 0 Å². The molecule has 0 aliphatic rings. The molecule has 1 N–H and O–H groups in total. The summed E-state index contributed by atoms with van der Waals surface area (Å²) in [5.74, 6) is -1.71. The number of carboxylic acids is 1. The number of alkyl halides is 2. The minimum Gasteiger partial charge on any atom is -0.476 e. The van der Waals surface area contributed by atoms with Crippen molar-refractivity contribution in [2.75, 3.05) is 0 Å². The van der Waals surface area contributed by atoms with Crippen LogP contribution in [0.2, 0.25) is 0 Å². The lowest BCUT2D eigenvalue weighted by Gasteiger charge is -2.03.